The molecule has 3 rings (SSSR count). The van der Waals surface area contributed by atoms with Crippen LogP contribution < -0.4 is 0 Å². The fraction of sp³-hybridized carbons (Fsp3) is 0.333. The molecule has 1 aliphatic rings. The van der Waals surface area contributed by atoms with Crippen molar-refractivity contribution in [2.75, 3.05) is 13.1 Å². The van der Waals surface area contributed by atoms with Crippen molar-refractivity contribution in [3.63, 3.8) is 0 Å². The molecule has 31 heavy (non-hydrogen) atoms. The van der Waals surface area contributed by atoms with Gasteiger partial charge in [0.05, 0.1) is 27.8 Å². The molecule has 1 saturated heterocycles. The molecule has 0 bridgehead atoms. The maximum atomic E-state index is 13.2. The number of nitrogens with zero attached hydrogens (tertiary/aromatic N) is 3. The van der Waals surface area contributed by atoms with E-state index in [-0.39, 0.29) is 20.5 Å². The number of hydrogen-bond acceptors (Lipinski definition) is 8. The van der Waals surface area contributed by atoms with Crippen LogP contribution in [-0.2, 0) is 19.9 Å². The third-order valence-corrected chi connectivity index (χ3v) is 9.77. The Morgan fingerprint density at radius 3 is 2.45 bits per heavy atom. The summed E-state index contributed by atoms with van der Waals surface area (Å²) in [5, 5.41) is 28.0. The van der Waals surface area contributed by atoms with Gasteiger partial charge in [-0.25, -0.2) is 21.8 Å². The van der Waals surface area contributed by atoms with Crippen LogP contribution in [-0.4, -0.2) is 66.4 Å². The van der Waals surface area contributed by atoms with E-state index in [1.165, 1.54) is 19.1 Å². The van der Waals surface area contributed by atoms with Crippen molar-refractivity contribution in [1.29, 1.82) is 5.26 Å². The minimum atomic E-state index is -4.37. The number of benzene rings is 1. The molecule has 2 N–H and O–H groups in total. The molecule has 3 atom stereocenters. The van der Waals surface area contributed by atoms with Crippen molar-refractivity contribution in [3.8, 4) is 6.07 Å². The molecule has 0 aliphatic carbocycles. The maximum Gasteiger partial charge on any atom is 0.244 e. The van der Waals surface area contributed by atoms with Crippen LogP contribution in [0.1, 0.15) is 12.5 Å². The van der Waals surface area contributed by atoms with Crippen molar-refractivity contribution >= 4 is 43.1 Å². The summed E-state index contributed by atoms with van der Waals surface area (Å²) in [6.07, 6.45) is -0.480. The highest BCUT2D eigenvalue weighted by Crippen LogP contribution is 2.37. The Labute approximate surface area is 189 Å². The molecule has 1 aliphatic heterocycles. The molecular formula is C18H17Cl2N3O6S2. The third kappa shape index (κ3) is 4.17. The molecule has 0 radical (unpaired) electrons. The smallest absolute Gasteiger partial charge is 0.244 e. The number of aromatic nitrogens is 1. The molecule has 0 amide bonds. The minimum Gasteiger partial charge on any atom is -0.390 e. The highest BCUT2D eigenvalue weighted by atomic mass is 35.5. The molecular weight excluding hydrogens is 489 g/mol. The minimum absolute atomic E-state index is 0.139. The molecule has 2 aromatic rings. The van der Waals surface area contributed by atoms with Crippen LogP contribution in [0.3, 0.4) is 0 Å². The van der Waals surface area contributed by atoms with Crippen LogP contribution in [0.25, 0.3) is 0 Å². The van der Waals surface area contributed by atoms with Gasteiger partial charge in [0.25, 0.3) is 0 Å². The molecule has 1 aromatic heterocycles. The summed E-state index contributed by atoms with van der Waals surface area (Å²) in [5.41, 5.74) is -2.17. The van der Waals surface area contributed by atoms with E-state index in [1.54, 1.807) is 0 Å². The molecule has 13 heteroatoms. The van der Waals surface area contributed by atoms with Crippen molar-refractivity contribution in [3.05, 3.63) is 52.1 Å². The molecule has 1 fully saturated rings. The van der Waals surface area contributed by atoms with Gasteiger partial charge in [0.15, 0.2) is 5.03 Å². The van der Waals surface area contributed by atoms with Gasteiger partial charge in [0.2, 0.25) is 19.9 Å². The van der Waals surface area contributed by atoms with Gasteiger partial charge < -0.3 is 10.2 Å². The van der Waals surface area contributed by atoms with Crippen LogP contribution in [0.5, 0.6) is 0 Å². The van der Waals surface area contributed by atoms with Gasteiger partial charge in [0, 0.05) is 19.3 Å². The quantitative estimate of drug-likeness (QED) is 0.615. The first-order chi connectivity index (χ1) is 14.3. The lowest BCUT2D eigenvalue weighted by Gasteiger charge is -2.31. The second-order valence-corrected chi connectivity index (χ2v) is 11.9. The Balaban J connectivity index is 2.06. The number of rotatable bonds is 5. The fourth-order valence-corrected chi connectivity index (χ4v) is 7.50. The van der Waals surface area contributed by atoms with E-state index < -0.39 is 54.9 Å². The third-order valence-electron chi connectivity index (χ3n) is 5.13. The average molecular weight is 506 g/mol. The number of hydrogen-bond donors (Lipinski definition) is 2. The average Bonchev–Trinajstić information content (AvgIpc) is 3.08. The van der Waals surface area contributed by atoms with E-state index in [0.29, 0.717) is 0 Å². The molecule has 1 aromatic carbocycles. The van der Waals surface area contributed by atoms with Gasteiger partial charge in [-0.15, -0.1) is 0 Å². The maximum absolute atomic E-state index is 13.2. The summed E-state index contributed by atoms with van der Waals surface area (Å²) in [6, 6.07) is 7.80. The van der Waals surface area contributed by atoms with Crippen LogP contribution in [0.2, 0.25) is 10.0 Å². The van der Waals surface area contributed by atoms with E-state index >= 15 is 0 Å². The lowest BCUT2D eigenvalue weighted by atomic mass is 9.97. The Morgan fingerprint density at radius 1 is 1.26 bits per heavy atom. The number of sulfonamides is 1. The number of aliphatic hydroxyl groups excluding tert-OH is 1. The number of aliphatic hydroxyl groups is 2. The second-order valence-electron chi connectivity index (χ2n) is 7.07. The van der Waals surface area contributed by atoms with Gasteiger partial charge in [-0.1, -0.05) is 23.2 Å². The molecule has 0 spiro atoms. The van der Waals surface area contributed by atoms with Gasteiger partial charge >= 0.3 is 0 Å². The molecule has 0 unspecified atom stereocenters. The standard InChI is InChI=1S/C18H17Cl2N3O6S2/c1-11(24)18(25)10-23(31(28,29)15-4-2-12(7-21)6-14(15)20)9-16(18)30(26,27)17-5-3-13(19)8-22-17/h2-6,8,11,16,24-25H,9-10H2,1H3/t11-,16-,18+/m0/s1. The van der Waals surface area contributed by atoms with Gasteiger partial charge in [-0.2, -0.15) is 9.57 Å². The van der Waals surface area contributed by atoms with E-state index in [4.69, 9.17) is 28.5 Å². The lowest BCUT2D eigenvalue weighted by Crippen LogP contribution is -2.53. The zero-order chi connectivity index (χ0) is 23.2. The number of nitriles is 1. The van der Waals surface area contributed by atoms with Gasteiger partial charge in [-0.3, -0.25) is 0 Å². The van der Waals surface area contributed by atoms with Crippen LogP contribution in [0.15, 0.2) is 46.5 Å². The number of pyridine rings is 1. The molecule has 2 heterocycles. The summed E-state index contributed by atoms with van der Waals surface area (Å²) in [6.45, 7) is -0.170. The monoisotopic (exact) mass is 505 g/mol. The molecule has 0 saturated carbocycles. The van der Waals surface area contributed by atoms with E-state index in [0.717, 1.165) is 28.7 Å². The number of β-amino-alcohol motifs (C(OH)–C–C–N with tert-alkyl or cyclic N) is 1. The largest absolute Gasteiger partial charge is 0.390 e. The van der Waals surface area contributed by atoms with Crippen molar-refractivity contribution in [1.82, 2.24) is 9.29 Å². The SMILES string of the molecule is C[C@H](O)[C@]1(O)CN(S(=O)(=O)c2ccc(C#N)cc2Cl)C[C@@H]1S(=O)(=O)c1ccc(Cl)cn1. The van der Waals surface area contributed by atoms with Crippen LogP contribution in [0, 0.1) is 11.3 Å². The number of halogens is 2. The highest BCUT2D eigenvalue weighted by molar-refractivity contribution is 7.92. The van der Waals surface area contributed by atoms with E-state index in [1.807, 2.05) is 6.07 Å². The summed E-state index contributed by atoms with van der Waals surface area (Å²) in [4.78, 5) is 3.41. The number of sulfone groups is 1. The topological polar surface area (TPSA) is 149 Å². The predicted octanol–water partition coefficient (Wildman–Crippen LogP) is 1.22. The van der Waals surface area contributed by atoms with Crippen molar-refractivity contribution < 1.29 is 27.0 Å². The lowest BCUT2D eigenvalue weighted by molar-refractivity contribution is -0.0513. The highest BCUT2D eigenvalue weighted by Gasteiger charge is 2.58. The summed E-state index contributed by atoms with van der Waals surface area (Å²) in [7, 11) is -8.73. The Hall–Kier alpha value is -1.78. The van der Waals surface area contributed by atoms with Crippen LogP contribution in [0.4, 0.5) is 0 Å². The first-order valence-electron chi connectivity index (χ1n) is 8.79. The summed E-state index contributed by atoms with van der Waals surface area (Å²) >= 11 is 11.8. The Kier molecular flexibility index (Phi) is 6.38. The second kappa shape index (κ2) is 8.29. The van der Waals surface area contributed by atoms with E-state index in [2.05, 4.69) is 4.98 Å². The van der Waals surface area contributed by atoms with E-state index in [9.17, 15) is 27.0 Å². The molecule has 166 valence electrons. The van der Waals surface area contributed by atoms with Crippen LogP contribution >= 0.6 is 23.2 Å². The molecule has 9 nitrogen and oxygen atoms in total. The first kappa shape index (κ1) is 23.9. The zero-order valence-electron chi connectivity index (χ0n) is 16.0. The normalized spacial score (nSPS) is 23.4. The Bertz CT molecular complexity index is 1260. The van der Waals surface area contributed by atoms with Gasteiger partial charge in [0.1, 0.15) is 15.7 Å². The summed E-state index contributed by atoms with van der Waals surface area (Å²) in [5.74, 6) is 0. The first-order valence-corrected chi connectivity index (χ1v) is 12.5. The summed E-state index contributed by atoms with van der Waals surface area (Å²) < 4.78 is 53.4. The Morgan fingerprint density at radius 2 is 1.94 bits per heavy atom. The zero-order valence-corrected chi connectivity index (χ0v) is 19.1. The van der Waals surface area contributed by atoms with Crippen molar-refractivity contribution in [2.24, 2.45) is 0 Å². The van der Waals surface area contributed by atoms with Crippen molar-refractivity contribution in [2.45, 2.75) is 33.8 Å². The fourth-order valence-electron chi connectivity index (χ4n) is 3.34. The van der Waals surface area contributed by atoms with Gasteiger partial charge in [-0.05, 0) is 37.3 Å². The predicted molar refractivity (Wildman–Crippen MR) is 112 cm³/mol.